The summed E-state index contributed by atoms with van der Waals surface area (Å²) in [5.74, 6) is 1.30. The number of hydrogen-bond acceptors (Lipinski definition) is 2. The van der Waals surface area contributed by atoms with Gasteiger partial charge in [0.25, 0.3) is 0 Å². The zero-order valence-electron chi connectivity index (χ0n) is 7.66. The molecule has 70 valence electrons. The Kier molecular flexibility index (Phi) is 2.48. The van der Waals surface area contributed by atoms with Crippen LogP contribution in [0.2, 0.25) is 0 Å². The van der Waals surface area contributed by atoms with Gasteiger partial charge in [-0.15, -0.1) is 0 Å². The van der Waals surface area contributed by atoms with Gasteiger partial charge in [0.05, 0.1) is 0 Å². The van der Waals surface area contributed by atoms with Gasteiger partial charge in [0.2, 0.25) is 0 Å². The van der Waals surface area contributed by atoms with Crippen molar-refractivity contribution in [3.8, 4) is 0 Å². The average molecular weight is 178 g/mol. The van der Waals surface area contributed by atoms with Crippen molar-refractivity contribution in [2.45, 2.75) is 32.1 Å². The lowest BCUT2D eigenvalue weighted by molar-refractivity contribution is -0.143. The molecule has 1 saturated heterocycles. The molecule has 0 spiro atoms. The van der Waals surface area contributed by atoms with Crippen molar-refractivity contribution in [3.05, 3.63) is 24.0 Å². The first-order chi connectivity index (χ1) is 6.36. The summed E-state index contributed by atoms with van der Waals surface area (Å²) >= 11 is 0. The van der Waals surface area contributed by atoms with Gasteiger partial charge in [-0.05, 0) is 31.8 Å². The molecule has 2 aliphatic rings. The smallest absolute Gasteiger partial charge is 0.310 e. The Morgan fingerprint density at radius 3 is 3.23 bits per heavy atom. The Morgan fingerprint density at radius 1 is 1.38 bits per heavy atom. The van der Waals surface area contributed by atoms with Crippen LogP contribution in [0.25, 0.3) is 0 Å². The molecular formula is C11H14O2. The lowest BCUT2D eigenvalue weighted by Crippen LogP contribution is -2.20. The first kappa shape index (κ1) is 8.54. The predicted molar refractivity (Wildman–Crippen MR) is 49.9 cm³/mol. The highest BCUT2D eigenvalue weighted by atomic mass is 16.5. The number of fused-ring (bicyclic) bond motifs is 1. The Morgan fingerprint density at radius 2 is 2.31 bits per heavy atom. The van der Waals surface area contributed by atoms with Crippen molar-refractivity contribution < 1.29 is 9.53 Å². The van der Waals surface area contributed by atoms with Crippen LogP contribution < -0.4 is 0 Å². The summed E-state index contributed by atoms with van der Waals surface area (Å²) in [6, 6.07) is 0. The van der Waals surface area contributed by atoms with Crippen LogP contribution in [-0.4, -0.2) is 5.97 Å². The molecule has 0 saturated carbocycles. The van der Waals surface area contributed by atoms with Crippen molar-refractivity contribution in [2.24, 2.45) is 5.92 Å². The molecule has 0 radical (unpaired) electrons. The molecule has 0 bridgehead atoms. The van der Waals surface area contributed by atoms with Crippen LogP contribution in [0.5, 0.6) is 0 Å². The van der Waals surface area contributed by atoms with Crippen LogP contribution in [0.1, 0.15) is 32.1 Å². The van der Waals surface area contributed by atoms with E-state index in [0.717, 1.165) is 25.0 Å². The van der Waals surface area contributed by atoms with Crippen LogP contribution in [0.3, 0.4) is 0 Å². The van der Waals surface area contributed by atoms with Crippen molar-refractivity contribution in [1.29, 1.82) is 0 Å². The van der Waals surface area contributed by atoms with E-state index in [1.54, 1.807) is 0 Å². The summed E-state index contributed by atoms with van der Waals surface area (Å²) in [4.78, 5) is 11.0. The number of ether oxygens (including phenoxy) is 1. The third kappa shape index (κ3) is 2.00. The minimum absolute atomic E-state index is 0.0727. The van der Waals surface area contributed by atoms with Crippen molar-refractivity contribution >= 4 is 5.97 Å². The standard InChI is InChI=1S/C11H14O2/c12-11-8-7-9-5-3-1-2-4-6-10(9)13-11/h2,4,6,9H,1,3,5,7-8H2/b4-2-,10-6+. The second kappa shape index (κ2) is 3.77. The molecule has 1 atom stereocenters. The van der Waals surface area contributed by atoms with E-state index < -0.39 is 0 Å². The van der Waals surface area contributed by atoms with Crippen molar-refractivity contribution in [2.75, 3.05) is 0 Å². The molecule has 1 aliphatic heterocycles. The Hall–Kier alpha value is -1.05. The molecule has 13 heavy (non-hydrogen) atoms. The van der Waals surface area contributed by atoms with E-state index in [-0.39, 0.29) is 5.97 Å². The number of rotatable bonds is 0. The maximum atomic E-state index is 11.0. The highest BCUT2D eigenvalue weighted by Gasteiger charge is 2.24. The fourth-order valence-corrected chi connectivity index (χ4v) is 1.90. The monoisotopic (exact) mass is 178 g/mol. The van der Waals surface area contributed by atoms with Crippen LogP contribution in [-0.2, 0) is 9.53 Å². The molecule has 0 aromatic carbocycles. The summed E-state index contributed by atoms with van der Waals surface area (Å²) in [7, 11) is 0. The quantitative estimate of drug-likeness (QED) is 0.533. The average Bonchev–Trinajstić information content (AvgIpc) is 2.08. The molecule has 0 aromatic rings. The van der Waals surface area contributed by atoms with E-state index in [0.29, 0.717) is 12.3 Å². The normalized spacial score (nSPS) is 34.6. The molecule has 1 unspecified atom stereocenters. The number of carbonyl (C=O) groups excluding carboxylic acids is 1. The summed E-state index contributed by atoms with van der Waals surface area (Å²) in [6.45, 7) is 0. The molecule has 1 fully saturated rings. The minimum Gasteiger partial charge on any atom is -0.431 e. The molecule has 2 heteroatoms. The molecule has 0 N–H and O–H groups in total. The van der Waals surface area contributed by atoms with Gasteiger partial charge >= 0.3 is 5.97 Å². The SMILES string of the molecule is O=C1CCC2CCC/C=C\C=C/2O1. The van der Waals surface area contributed by atoms with Gasteiger partial charge in [0, 0.05) is 12.3 Å². The maximum Gasteiger partial charge on any atom is 0.310 e. The van der Waals surface area contributed by atoms with Gasteiger partial charge in [-0.1, -0.05) is 12.2 Å². The molecule has 2 rings (SSSR count). The van der Waals surface area contributed by atoms with Gasteiger partial charge in [-0.2, -0.15) is 0 Å². The molecular weight excluding hydrogens is 164 g/mol. The van der Waals surface area contributed by atoms with Gasteiger partial charge < -0.3 is 4.74 Å². The Labute approximate surface area is 78.3 Å². The fraction of sp³-hybridized carbons (Fsp3) is 0.545. The summed E-state index contributed by atoms with van der Waals surface area (Å²) in [5, 5.41) is 0. The van der Waals surface area contributed by atoms with E-state index >= 15 is 0 Å². The van der Waals surface area contributed by atoms with Crippen LogP contribution >= 0.6 is 0 Å². The lowest BCUT2D eigenvalue weighted by Gasteiger charge is -2.24. The summed E-state index contributed by atoms with van der Waals surface area (Å²) in [5.41, 5.74) is 0. The third-order valence-electron chi connectivity index (χ3n) is 2.65. The Bertz CT molecular complexity index is 263. The maximum absolute atomic E-state index is 11.0. The first-order valence-corrected chi connectivity index (χ1v) is 4.93. The third-order valence-corrected chi connectivity index (χ3v) is 2.65. The van der Waals surface area contributed by atoms with E-state index in [1.165, 1.54) is 6.42 Å². The second-order valence-corrected chi connectivity index (χ2v) is 3.64. The zero-order valence-corrected chi connectivity index (χ0v) is 7.66. The van der Waals surface area contributed by atoms with Gasteiger partial charge in [-0.25, -0.2) is 0 Å². The van der Waals surface area contributed by atoms with Crippen molar-refractivity contribution in [3.63, 3.8) is 0 Å². The van der Waals surface area contributed by atoms with Crippen LogP contribution in [0, 0.1) is 5.92 Å². The number of hydrogen-bond donors (Lipinski definition) is 0. The molecule has 0 amide bonds. The molecule has 1 aliphatic carbocycles. The first-order valence-electron chi connectivity index (χ1n) is 4.93. The second-order valence-electron chi connectivity index (χ2n) is 3.64. The van der Waals surface area contributed by atoms with Crippen LogP contribution in [0.15, 0.2) is 24.0 Å². The largest absolute Gasteiger partial charge is 0.431 e. The predicted octanol–water partition coefficient (Wildman–Crippen LogP) is 2.56. The highest BCUT2D eigenvalue weighted by Crippen LogP contribution is 2.30. The lowest BCUT2D eigenvalue weighted by atomic mass is 9.91. The van der Waals surface area contributed by atoms with Crippen molar-refractivity contribution in [1.82, 2.24) is 0 Å². The number of allylic oxidation sites excluding steroid dienone is 4. The summed E-state index contributed by atoms with van der Waals surface area (Å²) < 4.78 is 5.20. The van der Waals surface area contributed by atoms with Gasteiger partial charge in [-0.3, -0.25) is 4.79 Å². The fourth-order valence-electron chi connectivity index (χ4n) is 1.90. The van der Waals surface area contributed by atoms with E-state index in [9.17, 15) is 4.79 Å². The molecule has 0 aromatic heterocycles. The van der Waals surface area contributed by atoms with E-state index in [1.807, 2.05) is 12.2 Å². The minimum atomic E-state index is -0.0727. The van der Waals surface area contributed by atoms with Gasteiger partial charge in [0.15, 0.2) is 0 Å². The topological polar surface area (TPSA) is 26.3 Å². The van der Waals surface area contributed by atoms with E-state index in [2.05, 4.69) is 6.08 Å². The number of esters is 1. The van der Waals surface area contributed by atoms with Gasteiger partial charge in [0.1, 0.15) is 5.76 Å². The zero-order chi connectivity index (χ0) is 9.10. The highest BCUT2D eigenvalue weighted by molar-refractivity contribution is 5.71. The van der Waals surface area contributed by atoms with Crippen LogP contribution in [0.4, 0.5) is 0 Å². The molecule has 1 heterocycles. The van der Waals surface area contributed by atoms with E-state index in [4.69, 9.17) is 4.74 Å². The summed E-state index contributed by atoms with van der Waals surface area (Å²) in [6.07, 6.45) is 11.1. The Balaban J connectivity index is 2.15. The molecule has 2 nitrogen and oxygen atoms in total. The number of carbonyl (C=O) groups is 1.